The summed E-state index contributed by atoms with van der Waals surface area (Å²) in [5, 5.41) is 4.23. The molecule has 28 heavy (non-hydrogen) atoms. The van der Waals surface area contributed by atoms with Gasteiger partial charge in [-0.3, -0.25) is 4.79 Å². The Morgan fingerprint density at radius 3 is 2.82 bits per heavy atom. The third kappa shape index (κ3) is 4.16. The van der Waals surface area contributed by atoms with E-state index in [2.05, 4.69) is 5.16 Å². The monoisotopic (exact) mass is 382 g/mol. The minimum Gasteiger partial charge on any atom is -0.496 e. The van der Waals surface area contributed by atoms with Crippen LogP contribution >= 0.6 is 0 Å². The number of nitrogens with zero attached hydrogens (tertiary/aromatic N) is 2. The van der Waals surface area contributed by atoms with Crippen LogP contribution in [-0.2, 0) is 16.2 Å². The fourth-order valence-corrected chi connectivity index (χ4v) is 3.49. The van der Waals surface area contributed by atoms with E-state index in [1.807, 2.05) is 30.3 Å². The van der Waals surface area contributed by atoms with Crippen LogP contribution in [0, 0.1) is 11.7 Å². The minimum atomic E-state index is -0.296. The molecule has 2 aromatic rings. The standard InChI is InChI=1S/C22H23FN2O3/c1-27-21-8-3-2-7-19(21)20-12-18(28-24-20)14-25(22(26)16-9-10-16)13-15-5-4-6-17(23)11-15/h2-8,11,16,18H,9-10,12-14H2,1H3. The van der Waals surface area contributed by atoms with E-state index in [1.165, 1.54) is 12.1 Å². The summed E-state index contributed by atoms with van der Waals surface area (Å²) in [4.78, 5) is 20.2. The molecular weight excluding hydrogens is 359 g/mol. The average molecular weight is 382 g/mol. The van der Waals surface area contributed by atoms with E-state index in [1.54, 1.807) is 18.1 Å². The third-order valence-corrected chi connectivity index (χ3v) is 5.08. The van der Waals surface area contributed by atoms with Crippen molar-refractivity contribution in [2.24, 2.45) is 11.1 Å². The molecule has 6 heteroatoms. The number of methoxy groups -OCH3 is 1. The average Bonchev–Trinajstić information content (AvgIpc) is 3.46. The molecule has 2 aliphatic rings. The topological polar surface area (TPSA) is 51.1 Å². The summed E-state index contributed by atoms with van der Waals surface area (Å²) in [6.07, 6.45) is 2.22. The molecule has 1 fully saturated rings. The van der Waals surface area contributed by atoms with Crippen LogP contribution in [0.2, 0.25) is 0 Å². The van der Waals surface area contributed by atoms with Gasteiger partial charge >= 0.3 is 0 Å². The molecule has 1 saturated carbocycles. The molecule has 0 bridgehead atoms. The number of benzene rings is 2. The second kappa shape index (κ2) is 8.00. The Hall–Kier alpha value is -2.89. The van der Waals surface area contributed by atoms with Gasteiger partial charge in [0.05, 0.1) is 19.4 Å². The fraction of sp³-hybridized carbons (Fsp3) is 0.364. The van der Waals surface area contributed by atoms with Gasteiger partial charge in [-0.25, -0.2) is 4.39 Å². The molecule has 1 amide bonds. The first-order valence-corrected chi connectivity index (χ1v) is 9.53. The lowest BCUT2D eigenvalue weighted by atomic mass is 10.0. The van der Waals surface area contributed by atoms with Crippen LogP contribution in [0.1, 0.15) is 30.4 Å². The second-order valence-corrected chi connectivity index (χ2v) is 7.29. The molecule has 1 heterocycles. The van der Waals surface area contributed by atoms with Crippen molar-refractivity contribution < 1.29 is 18.8 Å². The van der Waals surface area contributed by atoms with Crippen molar-refractivity contribution in [3.05, 3.63) is 65.5 Å². The van der Waals surface area contributed by atoms with Crippen molar-refractivity contribution >= 4 is 11.6 Å². The van der Waals surface area contributed by atoms with E-state index in [0.29, 0.717) is 19.5 Å². The zero-order chi connectivity index (χ0) is 19.5. The van der Waals surface area contributed by atoms with E-state index in [4.69, 9.17) is 9.57 Å². The first kappa shape index (κ1) is 18.5. The van der Waals surface area contributed by atoms with Crippen LogP contribution in [0.25, 0.3) is 0 Å². The summed E-state index contributed by atoms with van der Waals surface area (Å²) < 4.78 is 19.0. The summed E-state index contributed by atoms with van der Waals surface area (Å²) in [5.41, 5.74) is 2.49. The van der Waals surface area contributed by atoms with Crippen LogP contribution in [0.15, 0.2) is 53.7 Å². The molecule has 5 nitrogen and oxygen atoms in total. The molecule has 1 aliphatic heterocycles. The fourth-order valence-electron chi connectivity index (χ4n) is 3.49. The summed E-state index contributed by atoms with van der Waals surface area (Å²) in [7, 11) is 1.63. The lowest BCUT2D eigenvalue weighted by Gasteiger charge is -2.25. The Morgan fingerprint density at radius 2 is 2.07 bits per heavy atom. The lowest BCUT2D eigenvalue weighted by Crippen LogP contribution is -2.38. The van der Waals surface area contributed by atoms with Crippen LogP contribution < -0.4 is 4.74 Å². The maximum Gasteiger partial charge on any atom is 0.226 e. The molecule has 0 radical (unpaired) electrons. The normalized spacial score (nSPS) is 18.4. The molecule has 1 aliphatic carbocycles. The second-order valence-electron chi connectivity index (χ2n) is 7.29. The number of carbonyl (C=O) groups is 1. The molecule has 1 atom stereocenters. The van der Waals surface area contributed by atoms with E-state index in [9.17, 15) is 9.18 Å². The highest BCUT2D eigenvalue weighted by Gasteiger charge is 2.36. The van der Waals surface area contributed by atoms with Crippen LogP contribution in [0.3, 0.4) is 0 Å². The van der Waals surface area contributed by atoms with Crippen molar-refractivity contribution in [1.82, 2.24) is 4.90 Å². The van der Waals surface area contributed by atoms with Crippen molar-refractivity contribution in [3.63, 3.8) is 0 Å². The number of para-hydroxylation sites is 1. The molecule has 0 aromatic heterocycles. The van der Waals surface area contributed by atoms with Gasteiger partial charge in [-0.15, -0.1) is 0 Å². The minimum absolute atomic E-state index is 0.0876. The number of hydrogen-bond acceptors (Lipinski definition) is 4. The van der Waals surface area contributed by atoms with Crippen LogP contribution in [0.4, 0.5) is 4.39 Å². The van der Waals surface area contributed by atoms with Gasteiger partial charge in [0.25, 0.3) is 0 Å². The van der Waals surface area contributed by atoms with Gasteiger partial charge in [0.2, 0.25) is 5.91 Å². The number of amides is 1. The highest BCUT2D eigenvalue weighted by atomic mass is 19.1. The Bertz CT molecular complexity index is 895. The molecule has 4 rings (SSSR count). The number of oxime groups is 1. The molecule has 1 unspecified atom stereocenters. The summed E-state index contributed by atoms with van der Waals surface area (Å²) in [5.74, 6) is 0.648. The molecule has 0 saturated heterocycles. The molecule has 0 N–H and O–H groups in total. The van der Waals surface area contributed by atoms with E-state index in [0.717, 1.165) is 35.4 Å². The highest BCUT2D eigenvalue weighted by Crippen LogP contribution is 2.32. The Kier molecular flexibility index (Phi) is 5.28. The summed E-state index contributed by atoms with van der Waals surface area (Å²) in [6.45, 7) is 0.797. The Morgan fingerprint density at radius 1 is 1.25 bits per heavy atom. The smallest absolute Gasteiger partial charge is 0.226 e. The first-order valence-electron chi connectivity index (χ1n) is 9.53. The first-order chi connectivity index (χ1) is 13.6. The lowest BCUT2D eigenvalue weighted by molar-refractivity contribution is -0.135. The Labute approximate surface area is 163 Å². The van der Waals surface area contributed by atoms with Gasteiger partial charge in [0.15, 0.2) is 6.10 Å². The largest absolute Gasteiger partial charge is 0.496 e. The zero-order valence-corrected chi connectivity index (χ0v) is 15.8. The molecule has 146 valence electrons. The van der Waals surface area contributed by atoms with Crippen molar-refractivity contribution in [2.45, 2.75) is 31.9 Å². The zero-order valence-electron chi connectivity index (χ0n) is 15.8. The van der Waals surface area contributed by atoms with Crippen LogP contribution in [-0.4, -0.2) is 36.3 Å². The van der Waals surface area contributed by atoms with Gasteiger partial charge in [-0.1, -0.05) is 29.4 Å². The predicted molar refractivity (Wildman–Crippen MR) is 104 cm³/mol. The SMILES string of the molecule is COc1ccccc1C1=NOC(CN(Cc2cccc(F)c2)C(=O)C2CC2)C1. The van der Waals surface area contributed by atoms with Crippen molar-refractivity contribution in [3.8, 4) is 5.75 Å². The molecule has 2 aromatic carbocycles. The van der Waals surface area contributed by atoms with Crippen molar-refractivity contribution in [2.75, 3.05) is 13.7 Å². The number of rotatable bonds is 7. The maximum atomic E-state index is 13.5. The maximum absolute atomic E-state index is 13.5. The summed E-state index contributed by atoms with van der Waals surface area (Å²) >= 11 is 0. The predicted octanol–water partition coefficient (Wildman–Crippen LogP) is 3.77. The van der Waals surface area contributed by atoms with Gasteiger partial charge in [0, 0.05) is 24.4 Å². The number of halogens is 1. The number of carbonyl (C=O) groups excluding carboxylic acids is 1. The van der Waals surface area contributed by atoms with Gasteiger partial charge in [-0.2, -0.15) is 0 Å². The van der Waals surface area contributed by atoms with Crippen molar-refractivity contribution in [1.29, 1.82) is 0 Å². The molecular formula is C22H23FN2O3. The quantitative estimate of drug-likeness (QED) is 0.733. The summed E-state index contributed by atoms with van der Waals surface area (Å²) in [6, 6.07) is 14.1. The van der Waals surface area contributed by atoms with E-state index in [-0.39, 0.29) is 23.7 Å². The third-order valence-electron chi connectivity index (χ3n) is 5.08. The Balaban J connectivity index is 1.45. The highest BCUT2D eigenvalue weighted by molar-refractivity contribution is 6.03. The van der Waals surface area contributed by atoms with E-state index >= 15 is 0 Å². The number of ether oxygens (including phenoxy) is 1. The van der Waals surface area contributed by atoms with Gasteiger partial charge in [0.1, 0.15) is 11.6 Å². The van der Waals surface area contributed by atoms with Gasteiger partial charge < -0.3 is 14.5 Å². The molecule has 0 spiro atoms. The van der Waals surface area contributed by atoms with Crippen LogP contribution in [0.5, 0.6) is 5.75 Å². The van der Waals surface area contributed by atoms with Gasteiger partial charge in [-0.05, 0) is 42.7 Å². The van der Waals surface area contributed by atoms with E-state index < -0.39 is 0 Å². The number of hydrogen-bond donors (Lipinski definition) is 0.